The molecule has 2 bridgehead atoms. The molecule has 4 aliphatic carbocycles. The second-order valence-electron chi connectivity index (χ2n) is 11.4. The summed E-state index contributed by atoms with van der Waals surface area (Å²) >= 11 is 2.15. The number of hydrogen-bond acceptors (Lipinski definition) is 6. The number of ketones is 1. The van der Waals surface area contributed by atoms with Crippen LogP contribution in [0.4, 0.5) is 0 Å². The second kappa shape index (κ2) is 12.0. The van der Waals surface area contributed by atoms with Crippen molar-refractivity contribution in [2.75, 3.05) is 19.7 Å². The van der Waals surface area contributed by atoms with Crippen molar-refractivity contribution in [3.63, 3.8) is 0 Å². The van der Waals surface area contributed by atoms with Crippen LogP contribution < -0.4 is 10.1 Å². The lowest BCUT2D eigenvalue weighted by molar-refractivity contribution is -0.155. The van der Waals surface area contributed by atoms with E-state index in [2.05, 4.69) is 41.8 Å². The van der Waals surface area contributed by atoms with Crippen LogP contribution in [0, 0.1) is 26.7 Å². The number of ether oxygens (including phenoxy) is 1. The third-order valence-electron chi connectivity index (χ3n) is 8.97. The molecule has 9 heteroatoms. The van der Waals surface area contributed by atoms with E-state index in [4.69, 9.17) is 4.74 Å². The lowest BCUT2D eigenvalue weighted by atomic mass is 9.45. The number of benzene rings is 1. The van der Waals surface area contributed by atoms with Crippen LogP contribution in [0.15, 0.2) is 35.9 Å². The molecule has 0 saturated heterocycles. The number of nitrogens with zero attached hydrogens (tertiary/aromatic N) is 1. The molecule has 208 valence electrons. The second-order valence-corrected chi connectivity index (χ2v) is 12.5. The highest BCUT2D eigenvalue weighted by Crippen LogP contribution is 2.61. The molecule has 3 fully saturated rings. The van der Waals surface area contributed by atoms with E-state index in [0.717, 1.165) is 22.8 Å². The van der Waals surface area contributed by atoms with E-state index in [-0.39, 0.29) is 43.2 Å². The predicted octanol–water partition coefficient (Wildman–Crippen LogP) is 3.09. The van der Waals surface area contributed by atoms with E-state index in [1.54, 1.807) is 19.1 Å². The summed E-state index contributed by atoms with van der Waals surface area (Å²) in [5.41, 5.74) is 0.557. The molecule has 8 nitrogen and oxygen atoms in total. The maximum atomic E-state index is 13.5. The van der Waals surface area contributed by atoms with Gasteiger partial charge in [0.1, 0.15) is 18.0 Å². The van der Waals surface area contributed by atoms with Crippen LogP contribution in [0.3, 0.4) is 0 Å². The number of rotatable bonds is 10. The highest BCUT2D eigenvalue weighted by atomic mass is 127. The fourth-order valence-electron chi connectivity index (χ4n) is 6.58. The van der Waals surface area contributed by atoms with Crippen molar-refractivity contribution in [1.82, 2.24) is 10.2 Å². The maximum absolute atomic E-state index is 13.5. The molecule has 0 heterocycles. The van der Waals surface area contributed by atoms with Crippen LogP contribution in [0.1, 0.15) is 52.9 Å². The van der Waals surface area contributed by atoms with E-state index in [0.29, 0.717) is 29.7 Å². The van der Waals surface area contributed by atoms with E-state index in [1.165, 1.54) is 4.90 Å². The average Bonchev–Trinajstić information content (AvgIpc) is 2.91. The zero-order valence-electron chi connectivity index (χ0n) is 22.4. The Labute approximate surface area is 238 Å². The zero-order valence-corrected chi connectivity index (χ0v) is 24.5. The van der Waals surface area contributed by atoms with Crippen LogP contribution in [0.5, 0.6) is 5.75 Å². The van der Waals surface area contributed by atoms with Gasteiger partial charge in [-0.15, -0.1) is 0 Å². The quantitative estimate of drug-likeness (QED) is 0.268. The number of aliphatic hydroxyl groups is 2. The minimum absolute atomic E-state index is 0.0711. The average molecular weight is 639 g/mol. The van der Waals surface area contributed by atoms with Crippen LogP contribution in [0.2, 0.25) is 0 Å². The Hall–Kier alpha value is -1.98. The van der Waals surface area contributed by atoms with Gasteiger partial charge in [-0.25, -0.2) is 0 Å². The molecule has 0 radical (unpaired) electrons. The number of fused-ring (bicyclic) bond motifs is 2. The first-order valence-electron chi connectivity index (χ1n) is 13.6. The monoisotopic (exact) mass is 638 g/mol. The van der Waals surface area contributed by atoms with Gasteiger partial charge in [-0.1, -0.05) is 32.9 Å². The molecule has 0 spiro atoms. The lowest BCUT2D eigenvalue weighted by Gasteiger charge is -2.61. The number of carbonyl (C=O) groups is 3. The Kier molecular flexibility index (Phi) is 9.19. The standard InChI is InChI=1S/C29H39IN2O6/c1-4-23(34)28(37)32(16-17-9-10-19-15-20(17)29(19,2)3)22-13-18(27(36)31-11-12-33)14-25(26(22)35)38-24-8-6-5-7-21(24)30/h5-8,14,17,19-20,22,25-26,33,35H,4,9-13,15-16H2,1-3H3,(H,31,36). The first kappa shape index (κ1) is 29.0. The Morgan fingerprint density at radius 2 is 1.95 bits per heavy atom. The molecule has 4 aliphatic rings. The summed E-state index contributed by atoms with van der Waals surface area (Å²) in [7, 11) is 0. The van der Waals surface area contributed by atoms with Crippen molar-refractivity contribution in [3.05, 3.63) is 39.5 Å². The summed E-state index contributed by atoms with van der Waals surface area (Å²) in [5.74, 6) is 0.429. The summed E-state index contributed by atoms with van der Waals surface area (Å²) in [4.78, 5) is 40.7. The summed E-state index contributed by atoms with van der Waals surface area (Å²) in [6.07, 6.45) is 2.93. The van der Waals surface area contributed by atoms with E-state index < -0.39 is 29.9 Å². The lowest BCUT2D eigenvalue weighted by Crippen LogP contribution is -2.60. The third kappa shape index (κ3) is 5.79. The van der Waals surface area contributed by atoms with Gasteiger partial charge >= 0.3 is 0 Å². The number of Topliss-reactive ketones (excluding diaryl/α,β-unsaturated/α-hetero) is 1. The first-order chi connectivity index (χ1) is 18.1. The van der Waals surface area contributed by atoms with Gasteiger partial charge < -0.3 is 25.2 Å². The van der Waals surface area contributed by atoms with Gasteiger partial charge in [0.2, 0.25) is 11.7 Å². The van der Waals surface area contributed by atoms with Crippen molar-refractivity contribution < 1.29 is 29.3 Å². The van der Waals surface area contributed by atoms with Gasteiger partial charge in [-0.2, -0.15) is 0 Å². The third-order valence-corrected chi connectivity index (χ3v) is 9.86. The molecule has 38 heavy (non-hydrogen) atoms. The summed E-state index contributed by atoms with van der Waals surface area (Å²) in [6.45, 7) is 6.48. The number of aliphatic hydroxyl groups excluding tert-OH is 2. The van der Waals surface area contributed by atoms with Crippen LogP contribution in [0.25, 0.3) is 0 Å². The molecule has 0 aliphatic heterocycles. The Morgan fingerprint density at radius 1 is 1.21 bits per heavy atom. The summed E-state index contributed by atoms with van der Waals surface area (Å²) in [6, 6.07) is 6.58. The molecule has 1 aromatic carbocycles. The number of nitrogens with one attached hydrogen (secondary N) is 1. The van der Waals surface area contributed by atoms with Crippen molar-refractivity contribution >= 4 is 40.2 Å². The van der Waals surface area contributed by atoms with Gasteiger partial charge in [-0.3, -0.25) is 14.4 Å². The Bertz CT molecular complexity index is 1090. The Balaban J connectivity index is 1.66. The van der Waals surface area contributed by atoms with Crippen molar-refractivity contribution in [2.24, 2.45) is 23.2 Å². The number of halogens is 1. The molecule has 6 atom stereocenters. The van der Waals surface area contributed by atoms with Crippen molar-refractivity contribution in [3.8, 4) is 5.75 Å². The number of amides is 2. The highest BCUT2D eigenvalue weighted by molar-refractivity contribution is 14.1. The molecule has 2 amide bonds. The summed E-state index contributed by atoms with van der Waals surface area (Å²) in [5, 5.41) is 23.5. The molecule has 3 saturated carbocycles. The van der Waals surface area contributed by atoms with Gasteiger partial charge in [0.05, 0.1) is 16.2 Å². The SMILES string of the molecule is CCC(=O)C(=O)N(CC1CCC2CC1C2(C)C)C1CC(C(=O)NCCO)=CC(Oc2ccccc2I)C1O. The fourth-order valence-corrected chi connectivity index (χ4v) is 7.10. The number of para-hydroxylation sites is 1. The molecule has 6 unspecified atom stereocenters. The van der Waals surface area contributed by atoms with Crippen LogP contribution in [-0.2, 0) is 14.4 Å². The van der Waals surface area contributed by atoms with Crippen LogP contribution >= 0.6 is 22.6 Å². The smallest absolute Gasteiger partial charge is 0.290 e. The maximum Gasteiger partial charge on any atom is 0.290 e. The highest BCUT2D eigenvalue weighted by Gasteiger charge is 2.55. The molecular formula is C29H39IN2O6. The van der Waals surface area contributed by atoms with E-state index in [1.807, 2.05) is 18.2 Å². The van der Waals surface area contributed by atoms with Gasteiger partial charge in [0.15, 0.2) is 0 Å². The largest absolute Gasteiger partial charge is 0.482 e. The normalized spacial score (nSPS) is 29.5. The van der Waals surface area contributed by atoms with Gasteiger partial charge in [0.25, 0.3) is 5.91 Å². The molecule has 5 rings (SSSR count). The first-order valence-corrected chi connectivity index (χ1v) is 14.7. The van der Waals surface area contributed by atoms with E-state index in [9.17, 15) is 24.6 Å². The minimum atomic E-state index is -1.14. The molecule has 3 N–H and O–H groups in total. The number of hydrogen-bond donors (Lipinski definition) is 3. The molecule has 0 aromatic heterocycles. The predicted molar refractivity (Wildman–Crippen MR) is 151 cm³/mol. The molecular weight excluding hydrogens is 599 g/mol. The van der Waals surface area contributed by atoms with Crippen LogP contribution in [-0.4, -0.2) is 70.7 Å². The minimum Gasteiger partial charge on any atom is -0.482 e. The fraction of sp³-hybridized carbons (Fsp3) is 0.621. The van der Waals surface area contributed by atoms with Crippen molar-refractivity contribution in [2.45, 2.75) is 71.1 Å². The summed E-state index contributed by atoms with van der Waals surface area (Å²) < 4.78 is 7.04. The zero-order chi connectivity index (χ0) is 27.6. The van der Waals surface area contributed by atoms with E-state index >= 15 is 0 Å². The van der Waals surface area contributed by atoms with Gasteiger partial charge in [-0.05, 0) is 83.2 Å². The van der Waals surface area contributed by atoms with Gasteiger partial charge in [0, 0.05) is 31.5 Å². The molecule has 1 aromatic rings. The van der Waals surface area contributed by atoms with Crippen molar-refractivity contribution in [1.29, 1.82) is 0 Å². The topological polar surface area (TPSA) is 116 Å². The Morgan fingerprint density at radius 3 is 2.58 bits per heavy atom. The number of carbonyl (C=O) groups excluding carboxylic acids is 3.